The summed E-state index contributed by atoms with van der Waals surface area (Å²) >= 11 is 3.42. The summed E-state index contributed by atoms with van der Waals surface area (Å²) in [6.45, 7) is 2.57. The maximum absolute atomic E-state index is 11.9. The number of likely N-dealkylation sites (N-methyl/N-ethyl adjacent to an activating group) is 1. The third kappa shape index (κ3) is 1.66. The van der Waals surface area contributed by atoms with Crippen molar-refractivity contribution in [2.75, 3.05) is 13.6 Å². The van der Waals surface area contributed by atoms with Gasteiger partial charge in [0.2, 0.25) is 0 Å². The van der Waals surface area contributed by atoms with E-state index in [4.69, 9.17) is 0 Å². The van der Waals surface area contributed by atoms with Crippen molar-refractivity contribution in [1.29, 1.82) is 0 Å². The highest BCUT2D eigenvalue weighted by Crippen LogP contribution is 2.34. The van der Waals surface area contributed by atoms with Crippen LogP contribution in [0.15, 0.2) is 22.7 Å². The number of rotatable bonds is 1. The smallest absolute Gasteiger partial charge is 0.258 e. The molecule has 1 saturated heterocycles. The Morgan fingerprint density at radius 1 is 1.50 bits per heavy atom. The monoisotopic (exact) mass is 283 g/mol. The molecule has 1 atom stereocenters. The normalized spacial score (nSPS) is 25.2. The molecule has 1 fully saturated rings. The fourth-order valence-electron chi connectivity index (χ4n) is 1.97. The summed E-state index contributed by atoms with van der Waals surface area (Å²) in [5.74, 6) is -0.219. The van der Waals surface area contributed by atoms with Crippen molar-refractivity contribution < 1.29 is 9.90 Å². The molecule has 0 spiro atoms. The maximum atomic E-state index is 11.9. The molecule has 1 amide bonds. The van der Waals surface area contributed by atoms with E-state index in [1.165, 1.54) is 0 Å². The first-order valence-corrected chi connectivity index (χ1v) is 5.99. The van der Waals surface area contributed by atoms with E-state index >= 15 is 0 Å². The van der Waals surface area contributed by atoms with Crippen LogP contribution in [0.2, 0.25) is 0 Å². The minimum atomic E-state index is -1.34. The largest absolute Gasteiger partial charge is 0.375 e. The number of nitrogens with zero attached hydrogens (tertiary/aromatic N) is 1. The summed E-state index contributed by atoms with van der Waals surface area (Å²) in [6.07, 6.45) is 0.456. The number of carbonyl (C=O) groups excluding carboxylic acids is 1. The minimum Gasteiger partial charge on any atom is -0.375 e. The molecule has 0 saturated carbocycles. The fourth-order valence-corrected chi connectivity index (χ4v) is 2.35. The van der Waals surface area contributed by atoms with Crippen LogP contribution in [0.1, 0.15) is 17.5 Å². The lowest BCUT2D eigenvalue weighted by molar-refractivity contribution is -0.143. The lowest BCUT2D eigenvalue weighted by Crippen LogP contribution is -2.36. The molecule has 86 valence electrons. The molecular formula is C12H14BrNO2. The van der Waals surface area contributed by atoms with E-state index in [1.807, 2.05) is 25.1 Å². The van der Waals surface area contributed by atoms with E-state index < -0.39 is 5.60 Å². The van der Waals surface area contributed by atoms with Gasteiger partial charge >= 0.3 is 0 Å². The van der Waals surface area contributed by atoms with E-state index in [9.17, 15) is 9.90 Å². The van der Waals surface area contributed by atoms with Crippen molar-refractivity contribution in [3.63, 3.8) is 0 Å². The predicted molar refractivity (Wildman–Crippen MR) is 65.0 cm³/mol. The van der Waals surface area contributed by atoms with Crippen LogP contribution in [0.4, 0.5) is 0 Å². The summed E-state index contributed by atoms with van der Waals surface area (Å²) in [4.78, 5) is 13.4. The van der Waals surface area contributed by atoms with Gasteiger partial charge in [-0.3, -0.25) is 4.79 Å². The third-order valence-electron chi connectivity index (χ3n) is 3.16. The molecule has 2 rings (SSSR count). The van der Waals surface area contributed by atoms with E-state index in [2.05, 4.69) is 15.9 Å². The van der Waals surface area contributed by atoms with Crippen LogP contribution in [-0.4, -0.2) is 29.5 Å². The summed E-state index contributed by atoms with van der Waals surface area (Å²) in [6, 6.07) is 5.55. The zero-order valence-corrected chi connectivity index (χ0v) is 10.9. The lowest BCUT2D eigenvalue weighted by atomic mass is 9.92. The van der Waals surface area contributed by atoms with Gasteiger partial charge in [0, 0.05) is 24.5 Å². The second-order valence-electron chi connectivity index (χ2n) is 4.30. The van der Waals surface area contributed by atoms with E-state index in [-0.39, 0.29) is 5.91 Å². The Labute approximate surface area is 103 Å². The molecule has 3 nitrogen and oxygen atoms in total. The molecular weight excluding hydrogens is 270 g/mol. The number of amides is 1. The molecule has 4 heteroatoms. The Morgan fingerprint density at radius 3 is 2.69 bits per heavy atom. The second kappa shape index (κ2) is 3.86. The second-order valence-corrected chi connectivity index (χ2v) is 5.16. The summed E-state index contributed by atoms with van der Waals surface area (Å²) in [5.41, 5.74) is 0.413. The number of halogens is 1. The average Bonchev–Trinajstić information content (AvgIpc) is 2.52. The first kappa shape index (κ1) is 11.6. The third-order valence-corrected chi connectivity index (χ3v) is 4.01. The Kier molecular flexibility index (Phi) is 2.80. The zero-order valence-electron chi connectivity index (χ0n) is 9.33. The Balaban J connectivity index is 2.44. The SMILES string of the molecule is Cc1ccc([C@@]2(O)CCN(C)C2=O)cc1Br. The van der Waals surface area contributed by atoms with E-state index in [0.717, 1.165) is 10.0 Å². The Morgan fingerprint density at radius 2 is 2.19 bits per heavy atom. The van der Waals surface area contributed by atoms with Crippen molar-refractivity contribution in [3.05, 3.63) is 33.8 Å². The van der Waals surface area contributed by atoms with Crippen LogP contribution in [0.3, 0.4) is 0 Å². The maximum Gasteiger partial charge on any atom is 0.258 e. The number of likely N-dealkylation sites (tertiary alicyclic amines) is 1. The van der Waals surface area contributed by atoms with Crippen LogP contribution < -0.4 is 0 Å². The lowest BCUT2D eigenvalue weighted by Gasteiger charge is -2.21. The van der Waals surface area contributed by atoms with Crippen molar-refractivity contribution in [3.8, 4) is 0 Å². The topological polar surface area (TPSA) is 40.5 Å². The van der Waals surface area contributed by atoms with Gasteiger partial charge in [-0.15, -0.1) is 0 Å². The fraction of sp³-hybridized carbons (Fsp3) is 0.417. The number of benzene rings is 1. The summed E-state index contributed by atoms with van der Waals surface area (Å²) in [7, 11) is 1.71. The summed E-state index contributed by atoms with van der Waals surface area (Å²) in [5, 5.41) is 10.4. The number of aryl methyl sites for hydroxylation is 1. The first-order valence-electron chi connectivity index (χ1n) is 5.20. The molecule has 0 aromatic heterocycles. The van der Waals surface area contributed by atoms with Gasteiger partial charge in [0.25, 0.3) is 5.91 Å². The molecule has 1 aliphatic rings. The van der Waals surface area contributed by atoms with Crippen LogP contribution >= 0.6 is 15.9 Å². The van der Waals surface area contributed by atoms with Gasteiger partial charge in [0.15, 0.2) is 5.60 Å². The number of carbonyl (C=O) groups is 1. The molecule has 1 N–H and O–H groups in total. The molecule has 1 aromatic carbocycles. The number of hydrogen-bond acceptors (Lipinski definition) is 2. The number of hydrogen-bond donors (Lipinski definition) is 1. The van der Waals surface area contributed by atoms with Crippen LogP contribution in [0, 0.1) is 6.92 Å². The Hall–Kier alpha value is -0.870. The number of aliphatic hydroxyl groups is 1. The van der Waals surface area contributed by atoms with E-state index in [0.29, 0.717) is 18.5 Å². The molecule has 0 aliphatic carbocycles. The average molecular weight is 284 g/mol. The van der Waals surface area contributed by atoms with Crippen molar-refractivity contribution >= 4 is 21.8 Å². The van der Waals surface area contributed by atoms with Gasteiger partial charge in [-0.1, -0.05) is 28.1 Å². The molecule has 0 radical (unpaired) electrons. The quantitative estimate of drug-likeness (QED) is 0.854. The highest BCUT2D eigenvalue weighted by Gasteiger charge is 2.45. The Bertz CT molecular complexity index is 447. The molecule has 0 bridgehead atoms. The summed E-state index contributed by atoms with van der Waals surface area (Å²) < 4.78 is 0.917. The minimum absolute atomic E-state index is 0.219. The van der Waals surface area contributed by atoms with Gasteiger partial charge in [0.05, 0.1) is 0 Å². The van der Waals surface area contributed by atoms with E-state index in [1.54, 1.807) is 11.9 Å². The molecule has 16 heavy (non-hydrogen) atoms. The van der Waals surface area contributed by atoms with Crippen molar-refractivity contribution in [1.82, 2.24) is 4.90 Å². The van der Waals surface area contributed by atoms with Gasteiger partial charge in [-0.25, -0.2) is 0 Å². The molecule has 1 heterocycles. The van der Waals surface area contributed by atoms with Crippen molar-refractivity contribution in [2.24, 2.45) is 0 Å². The van der Waals surface area contributed by atoms with Gasteiger partial charge in [-0.05, 0) is 24.1 Å². The molecule has 1 aliphatic heterocycles. The highest BCUT2D eigenvalue weighted by molar-refractivity contribution is 9.10. The van der Waals surface area contributed by atoms with Gasteiger partial charge < -0.3 is 10.0 Å². The van der Waals surface area contributed by atoms with Crippen LogP contribution in [0.25, 0.3) is 0 Å². The van der Waals surface area contributed by atoms with Crippen molar-refractivity contribution in [2.45, 2.75) is 18.9 Å². The highest BCUT2D eigenvalue weighted by atomic mass is 79.9. The van der Waals surface area contributed by atoms with Gasteiger partial charge in [0.1, 0.15) is 0 Å². The standard InChI is InChI=1S/C12H14BrNO2/c1-8-3-4-9(7-10(8)13)12(16)5-6-14(2)11(12)15/h3-4,7,16H,5-6H2,1-2H3/t12-/m0/s1. The molecule has 1 aromatic rings. The molecule has 0 unspecified atom stereocenters. The zero-order chi connectivity index (χ0) is 11.9. The van der Waals surface area contributed by atoms with Gasteiger partial charge in [-0.2, -0.15) is 0 Å². The first-order chi connectivity index (χ1) is 7.45. The van der Waals surface area contributed by atoms with Crippen LogP contribution in [-0.2, 0) is 10.4 Å². The van der Waals surface area contributed by atoms with Crippen LogP contribution in [0.5, 0.6) is 0 Å². The predicted octanol–water partition coefficient (Wildman–Crippen LogP) is 1.81.